The lowest BCUT2D eigenvalue weighted by Gasteiger charge is -2.42. The van der Waals surface area contributed by atoms with E-state index in [1.54, 1.807) is 0 Å². The highest BCUT2D eigenvalue weighted by molar-refractivity contribution is 5.54. The number of fused-ring (bicyclic) bond motifs is 1. The molecule has 2 nitrogen and oxygen atoms in total. The quantitative estimate of drug-likeness (QED) is 0.754. The highest BCUT2D eigenvalue weighted by atomic mass is 16.3. The molecule has 0 aromatic heterocycles. The largest absolute Gasteiger partial charge is 0.369 e. The first-order chi connectivity index (χ1) is 11.3. The van der Waals surface area contributed by atoms with Gasteiger partial charge in [-0.1, -0.05) is 72.8 Å². The molecule has 114 valence electrons. The van der Waals surface area contributed by atoms with Crippen molar-refractivity contribution in [3.63, 3.8) is 0 Å². The third-order valence-electron chi connectivity index (χ3n) is 4.58. The molecular weight excluding hydrogens is 282 g/mol. The first kappa shape index (κ1) is 14.0. The Labute approximate surface area is 136 Å². The summed E-state index contributed by atoms with van der Waals surface area (Å²) in [5, 5.41) is 11.0. The Morgan fingerprint density at radius 1 is 0.739 bits per heavy atom. The van der Waals surface area contributed by atoms with Gasteiger partial charge in [-0.2, -0.15) is 0 Å². The van der Waals surface area contributed by atoms with E-state index in [1.165, 1.54) is 11.1 Å². The number of rotatable bonds is 2. The Morgan fingerprint density at radius 3 is 2.09 bits per heavy atom. The van der Waals surface area contributed by atoms with Crippen LogP contribution in [0.3, 0.4) is 0 Å². The molecule has 2 atom stereocenters. The fraction of sp³-hybridized carbons (Fsp3) is 0.143. The highest BCUT2D eigenvalue weighted by Crippen LogP contribution is 2.41. The van der Waals surface area contributed by atoms with E-state index < -0.39 is 6.23 Å². The molecule has 0 fully saturated rings. The minimum absolute atomic E-state index is 0.128. The van der Waals surface area contributed by atoms with Gasteiger partial charge in [-0.3, -0.25) is 0 Å². The predicted molar refractivity (Wildman–Crippen MR) is 93.2 cm³/mol. The maximum absolute atomic E-state index is 11.0. The van der Waals surface area contributed by atoms with Crippen LogP contribution in [-0.2, 0) is 6.42 Å². The molecule has 0 bridgehead atoms. The number of anilines is 1. The van der Waals surface area contributed by atoms with Crippen molar-refractivity contribution >= 4 is 5.69 Å². The van der Waals surface area contributed by atoms with Gasteiger partial charge in [0.2, 0.25) is 0 Å². The standard InChI is InChI=1S/C21H19NO/c23-21-19-14-8-7-11-17(19)15-20(16-9-3-1-4-10-16)22(21)18-12-5-2-6-13-18/h1-14,20-21,23H,15H2/t20-,21-/m1/s1. The zero-order valence-corrected chi connectivity index (χ0v) is 12.8. The third-order valence-corrected chi connectivity index (χ3v) is 4.58. The molecule has 0 saturated carbocycles. The SMILES string of the molecule is O[C@@H]1c2ccccc2C[C@H](c2ccccc2)N1c1ccccc1. The number of aliphatic hydroxyl groups excluding tert-OH is 1. The lowest BCUT2D eigenvalue weighted by atomic mass is 9.88. The predicted octanol–water partition coefficient (Wildman–Crippen LogP) is 4.48. The van der Waals surface area contributed by atoms with Crippen LogP contribution in [0.25, 0.3) is 0 Å². The lowest BCUT2D eigenvalue weighted by molar-refractivity contribution is 0.150. The normalized spacial score (nSPS) is 20.1. The topological polar surface area (TPSA) is 23.5 Å². The highest BCUT2D eigenvalue weighted by Gasteiger charge is 2.33. The number of hydrogen-bond acceptors (Lipinski definition) is 2. The summed E-state index contributed by atoms with van der Waals surface area (Å²) in [6, 6.07) is 28.9. The summed E-state index contributed by atoms with van der Waals surface area (Å²) < 4.78 is 0. The molecule has 0 aliphatic carbocycles. The van der Waals surface area contributed by atoms with Gasteiger partial charge in [0.25, 0.3) is 0 Å². The maximum atomic E-state index is 11.0. The van der Waals surface area contributed by atoms with E-state index in [-0.39, 0.29) is 6.04 Å². The van der Waals surface area contributed by atoms with Crippen molar-refractivity contribution in [2.75, 3.05) is 4.90 Å². The van der Waals surface area contributed by atoms with E-state index in [1.807, 2.05) is 42.5 Å². The molecule has 0 unspecified atom stereocenters. The molecule has 0 amide bonds. The molecular formula is C21H19NO. The van der Waals surface area contributed by atoms with Gasteiger partial charge in [0.05, 0.1) is 6.04 Å². The summed E-state index contributed by atoms with van der Waals surface area (Å²) in [7, 11) is 0. The van der Waals surface area contributed by atoms with Crippen molar-refractivity contribution in [2.45, 2.75) is 18.7 Å². The molecule has 0 spiro atoms. The molecule has 3 aromatic carbocycles. The van der Waals surface area contributed by atoms with Gasteiger partial charge in [0.1, 0.15) is 0 Å². The Kier molecular flexibility index (Phi) is 3.60. The Morgan fingerprint density at radius 2 is 1.35 bits per heavy atom. The maximum Gasteiger partial charge on any atom is 0.154 e. The molecule has 4 rings (SSSR count). The number of aliphatic hydroxyl groups is 1. The number of hydrogen-bond donors (Lipinski definition) is 1. The van der Waals surface area contributed by atoms with E-state index in [0.29, 0.717) is 0 Å². The molecule has 0 radical (unpaired) electrons. The number of para-hydroxylation sites is 1. The second-order valence-corrected chi connectivity index (χ2v) is 5.95. The lowest BCUT2D eigenvalue weighted by Crippen LogP contribution is -2.38. The Hall–Kier alpha value is -2.58. The van der Waals surface area contributed by atoms with E-state index in [0.717, 1.165) is 17.7 Å². The van der Waals surface area contributed by atoms with Crippen LogP contribution in [-0.4, -0.2) is 5.11 Å². The van der Waals surface area contributed by atoms with Crippen LogP contribution in [0.2, 0.25) is 0 Å². The summed E-state index contributed by atoms with van der Waals surface area (Å²) >= 11 is 0. The molecule has 1 aliphatic rings. The molecule has 2 heteroatoms. The van der Waals surface area contributed by atoms with Crippen LogP contribution in [0.4, 0.5) is 5.69 Å². The van der Waals surface area contributed by atoms with Gasteiger partial charge in [0.15, 0.2) is 6.23 Å². The van der Waals surface area contributed by atoms with Crippen molar-refractivity contribution in [2.24, 2.45) is 0 Å². The van der Waals surface area contributed by atoms with E-state index >= 15 is 0 Å². The summed E-state index contributed by atoms with van der Waals surface area (Å²) in [5.74, 6) is 0. The molecule has 1 heterocycles. The van der Waals surface area contributed by atoms with Crippen LogP contribution in [0, 0.1) is 0 Å². The van der Waals surface area contributed by atoms with Crippen molar-refractivity contribution in [1.29, 1.82) is 0 Å². The van der Waals surface area contributed by atoms with Crippen molar-refractivity contribution < 1.29 is 5.11 Å². The fourth-order valence-corrected chi connectivity index (χ4v) is 3.47. The van der Waals surface area contributed by atoms with Crippen LogP contribution in [0.5, 0.6) is 0 Å². The minimum atomic E-state index is -0.632. The summed E-state index contributed by atoms with van der Waals surface area (Å²) in [4.78, 5) is 2.12. The van der Waals surface area contributed by atoms with Crippen molar-refractivity contribution in [3.8, 4) is 0 Å². The monoisotopic (exact) mass is 301 g/mol. The second kappa shape index (κ2) is 5.90. The average molecular weight is 301 g/mol. The number of benzene rings is 3. The first-order valence-corrected chi connectivity index (χ1v) is 7.99. The summed E-state index contributed by atoms with van der Waals surface area (Å²) in [6.45, 7) is 0. The summed E-state index contributed by atoms with van der Waals surface area (Å²) in [5.41, 5.74) is 4.50. The van der Waals surface area contributed by atoms with Crippen molar-refractivity contribution in [3.05, 3.63) is 102 Å². The average Bonchev–Trinajstić information content (AvgIpc) is 2.63. The summed E-state index contributed by atoms with van der Waals surface area (Å²) in [6.07, 6.45) is 0.263. The van der Waals surface area contributed by atoms with Gasteiger partial charge in [-0.15, -0.1) is 0 Å². The molecule has 3 aromatic rings. The van der Waals surface area contributed by atoms with Crippen LogP contribution in [0.15, 0.2) is 84.9 Å². The molecule has 1 N–H and O–H groups in total. The van der Waals surface area contributed by atoms with E-state index in [9.17, 15) is 5.11 Å². The van der Waals surface area contributed by atoms with Crippen LogP contribution >= 0.6 is 0 Å². The fourth-order valence-electron chi connectivity index (χ4n) is 3.47. The van der Waals surface area contributed by atoms with E-state index in [2.05, 4.69) is 47.4 Å². The van der Waals surface area contributed by atoms with Gasteiger partial charge in [-0.25, -0.2) is 0 Å². The zero-order chi connectivity index (χ0) is 15.6. The van der Waals surface area contributed by atoms with Crippen LogP contribution < -0.4 is 4.90 Å². The van der Waals surface area contributed by atoms with E-state index in [4.69, 9.17) is 0 Å². The molecule has 1 aliphatic heterocycles. The first-order valence-electron chi connectivity index (χ1n) is 7.99. The van der Waals surface area contributed by atoms with Crippen molar-refractivity contribution in [1.82, 2.24) is 0 Å². The Balaban J connectivity index is 1.85. The second-order valence-electron chi connectivity index (χ2n) is 5.95. The van der Waals surface area contributed by atoms with Gasteiger partial charge in [-0.05, 0) is 29.7 Å². The van der Waals surface area contributed by atoms with Gasteiger partial charge in [0, 0.05) is 11.3 Å². The third kappa shape index (κ3) is 2.51. The van der Waals surface area contributed by atoms with Gasteiger partial charge >= 0.3 is 0 Å². The number of nitrogens with zero attached hydrogens (tertiary/aromatic N) is 1. The molecule has 0 saturated heterocycles. The van der Waals surface area contributed by atoms with Gasteiger partial charge < -0.3 is 10.0 Å². The minimum Gasteiger partial charge on any atom is -0.369 e. The Bertz CT molecular complexity index is 785. The zero-order valence-electron chi connectivity index (χ0n) is 12.8. The smallest absolute Gasteiger partial charge is 0.154 e. The molecule has 23 heavy (non-hydrogen) atoms. The van der Waals surface area contributed by atoms with Crippen LogP contribution in [0.1, 0.15) is 29.0 Å².